The maximum atomic E-state index is 12.5. The number of halogens is 7. The fourth-order valence-electron chi connectivity index (χ4n) is 1.08. The van der Waals surface area contributed by atoms with Crippen LogP contribution in [-0.2, 0) is 6.18 Å². The Bertz CT molecular complexity index is 414. The fraction of sp³-hybridized carbons (Fsp3) is 0.444. The first-order valence-electron chi connectivity index (χ1n) is 4.63. The number of pyridine rings is 1. The zero-order chi connectivity index (χ0) is 14.0. The minimum atomic E-state index is -4.60. The largest absolute Gasteiger partial charge is 0.417 e. The van der Waals surface area contributed by atoms with Crippen LogP contribution in [0.2, 0.25) is 0 Å². The molecule has 1 rings (SSSR count). The molecule has 0 aliphatic heterocycles. The molecule has 0 atom stereocenters. The van der Waals surface area contributed by atoms with E-state index in [1.165, 1.54) is 0 Å². The number of alkyl halides is 6. The fourth-order valence-corrected chi connectivity index (χ4v) is 1.53. The van der Waals surface area contributed by atoms with Crippen molar-refractivity contribution < 1.29 is 26.3 Å². The summed E-state index contributed by atoms with van der Waals surface area (Å²) in [5, 5.41) is 2.19. The maximum absolute atomic E-state index is 12.5. The molecule has 2 nitrogen and oxygen atoms in total. The molecule has 0 unspecified atom stereocenters. The summed E-state index contributed by atoms with van der Waals surface area (Å²) >= 11 is 2.68. The Balaban J connectivity index is 2.74. The molecular formula is C9H7BrF6N2. The van der Waals surface area contributed by atoms with Gasteiger partial charge in [0.25, 0.3) is 0 Å². The number of aromatic nitrogens is 1. The molecule has 0 saturated carbocycles. The van der Waals surface area contributed by atoms with Gasteiger partial charge in [-0.2, -0.15) is 26.3 Å². The van der Waals surface area contributed by atoms with Crippen molar-refractivity contribution >= 4 is 21.7 Å². The average Bonchev–Trinajstić information content (AvgIpc) is 2.17. The Kier molecular flexibility index (Phi) is 4.46. The van der Waals surface area contributed by atoms with Gasteiger partial charge in [-0.1, -0.05) is 0 Å². The molecule has 0 radical (unpaired) electrons. The predicted octanol–water partition coefficient (Wildman–Crippen LogP) is 4.23. The van der Waals surface area contributed by atoms with Crippen molar-refractivity contribution in [3.05, 3.63) is 22.3 Å². The Morgan fingerprint density at radius 3 is 2.28 bits per heavy atom. The summed E-state index contributed by atoms with van der Waals surface area (Å²) in [5.41, 5.74) is -0.994. The van der Waals surface area contributed by atoms with Gasteiger partial charge in [0, 0.05) is 17.2 Å². The Hall–Kier alpha value is -0.990. The van der Waals surface area contributed by atoms with Crippen LogP contribution in [0.3, 0.4) is 0 Å². The summed E-state index contributed by atoms with van der Waals surface area (Å²) in [5.74, 6) is -0.255. The molecule has 102 valence electrons. The molecular weight excluding hydrogens is 330 g/mol. The highest BCUT2D eigenvalue weighted by Crippen LogP contribution is 2.35. The molecule has 0 aliphatic carbocycles. The zero-order valence-corrected chi connectivity index (χ0v) is 10.2. The number of anilines is 1. The van der Waals surface area contributed by atoms with Crippen LogP contribution in [0.4, 0.5) is 32.2 Å². The van der Waals surface area contributed by atoms with Crippen molar-refractivity contribution in [2.24, 2.45) is 0 Å². The van der Waals surface area contributed by atoms with Crippen molar-refractivity contribution in [1.82, 2.24) is 4.98 Å². The third kappa shape index (κ3) is 4.71. The molecule has 1 heterocycles. The average molecular weight is 337 g/mol. The smallest absolute Gasteiger partial charge is 0.370 e. The lowest BCUT2D eigenvalue weighted by molar-refractivity contribution is -0.138. The van der Waals surface area contributed by atoms with Crippen molar-refractivity contribution in [1.29, 1.82) is 0 Å². The summed E-state index contributed by atoms with van der Waals surface area (Å²) in [7, 11) is 0. The minimum absolute atomic E-state index is 0.255. The molecule has 9 heteroatoms. The number of nitrogens with zero attached hydrogens (tertiary/aromatic N) is 1. The van der Waals surface area contributed by atoms with Gasteiger partial charge in [0.1, 0.15) is 5.82 Å². The van der Waals surface area contributed by atoms with Crippen molar-refractivity contribution in [3.63, 3.8) is 0 Å². The summed E-state index contributed by atoms with van der Waals surface area (Å²) < 4.78 is 72.7. The maximum Gasteiger partial charge on any atom is 0.417 e. The van der Waals surface area contributed by atoms with Gasteiger partial charge < -0.3 is 5.32 Å². The molecule has 0 fully saturated rings. The van der Waals surface area contributed by atoms with Gasteiger partial charge in [-0.15, -0.1) is 0 Å². The first kappa shape index (κ1) is 15.1. The number of hydrogen-bond acceptors (Lipinski definition) is 2. The lowest BCUT2D eigenvalue weighted by Gasteiger charge is -2.12. The van der Waals surface area contributed by atoms with Crippen molar-refractivity contribution in [2.45, 2.75) is 18.8 Å². The predicted molar refractivity (Wildman–Crippen MR) is 56.1 cm³/mol. The van der Waals surface area contributed by atoms with E-state index in [9.17, 15) is 26.3 Å². The Morgan fingerprint density at radius 1 is 1.17 bits per heavy atom. The quantitative estimate of drug-likeness (QED) is 0.835. The van der Waals surface area contributed by atoms with Crippen molar-refractivity contribution in [2.75, 3.05) is 11.9 Å². The molecule has 0 spiro atoms. The zero-order valence-electron chi connectivity index (χ0n) is 8.66. The third-order valence-electron chi connectivity index (χ3n) is 1.88. The lowest BCUT2D eigenvalue weighted by atomic mass is 10.2. The van der Waals surface area contributed by atoms with E-state index < -0.39 is 30.9 Å². The standard InChI is InChI=1S/C9H7BrF6N2/c10-6-4-18-7(3-5(6)9(14,15)16)17-2-1-8(11,12)13/h3-4H,1-2H2,(H,17,18). The normalized spacial score (nSPS) is 12.6. The molecule has 1 aromatic rings. The lowest BCUT2D eigenvalue weighted by Crippen LogP contribution is -2.16. The number of rotatable bonds is 3. The molecule has 0 aliphatic rings. The van der Waals surface area contributed by atoms with Crippen LogP contribution in [0.5, 0.6) is 0 Å². The van der Waals surface area contributed by atoms with E-state index in [4.69, 9.17) is 0 Å². The Labute approximate surface area is 107 Å². The van der Waals surface area contributed by atoms with Crippen LogP contribution in [0.1, 0.15) is 12.0 Å². The van der Waals surface area contributed by atoms with Crippen LogP contribution >= 0.6 is 15.9 Å². The van der Waals surface area contributed by atoms with Gasteiger partial charge in [0.2, 0.25) is 0 Å². The molecule has 1 aromatic heterocycles. The van der Waals surface area contributed by atoms with E-state index in [0.717, 1.165) is 6.20 Å². The van der Waals surface area contributed by atoms with E-state index in [1.807, 2.05) is 0 Å². The highest BCUT2D eigenvalue weighted by Gasteiger charge is 2.33. The van der Waals surface area contributed by atoms with E-state index in [-0.39, 0.29) is 10.3 Å². The summed E-state index contributed by atoms with van der Waals surface area (Å²) in [6, 6.07) is 0.653. The second-order valence-electron chi connectivity index (χ2n) is 3.34. The molecule has 1 N–H and O–H groups in total. The summed E-state index contributed by atoms with van der Waals surface area (Å²) in [6.07, 6.45) is -9.22. The molecule has 0 aromatic carbocycles. The second-order valence-corrected chi connectivity index (χ2v) is 4.19. The van der Waals surface area contributed by atoms with E-state index in [0.29, 0.717) is 6.07 Å². The van der Waals surface area contributed by atoms with Gasteiger partial charge >= 0.3 is 12.4 Å². The highest BCUT2D eigenvalue weighted by molar-refractivity contribution is 9.10. The molecule has 0 saturated heterocycles. The number of hydrogen-bond donors (Lipinski definition) is 1. The van der Waals surface area contributed by atoms with Crippen LogP contribution in [0.25, 0.3) is 0 Å². The highest BCUT2D eigenvalue weighted by atomic mass is 79.9. The van der Waals surface area contributed by atoms with Crippen LogP contribution in [-0.4, -0.2) is 17.7 Å². The van der Waals surface area contributed by atoms with Gasteiger partial charge in [-0.25, -0.2) is 4.98 Å². The van der Waals surface area contributed by atoms with Gasteiger partial charge in [0.15, 0.2) is 0 Å². The molecule has 0 bridgehead atoms. The van der Waals surface area contributed by atoms with E-state index in [2.05, 4.69) is 26.2 Å². The van der Waals surface area contributed by atoms with Gasteiger partial charge in [-0.05, 0) is 22.0 Å². The van der Waals surface area contributed by atoms with Crippen LogP contribution < -0.4 is 5.32 Å². The second kappa shape index (κ2) is 5.33. The van der Waals surface area contributed by atoms with Crippen molar-refractivity contribution in [3.8, 4) is 0 Å². The van der Waals surface area contributed by atoms with Gasteiger partial charge in [0.05, 0.1) is 12.0 Å². The topological polar surface area (TPSA) is 24.9 Å². The first-order valence-corrected chi connectivity index (χ1v) is 5.42. The van der Waals surface area contributed by atoms with Crippen LogP contribution in [0.15, 0.2) is 16.7 Å². The summed E-state index contributed by atoms with van der Waals surface area (Å²) in [4.78, 5) is 3.55. The number of nitrogens with one attached hydrogen (secondary N) is 1. The van der Waals surface area contributed by atoms with Crippen LogP contribution in [0, 0.1) is 0 Å². The van der Waals surface area contributed by atoms with Gasteiger partial charge in [-0.3, -0.25) is 0 Å². The first-order chi connectivity index (χ1) is 8.09. The van der Waals surface area contributed by atoms with E-state index >= 15 is 0 Å². The SMILES string of the molecule is FC(F)(F)CCNc1cc(C(F)(F)F)c(Br)cn1. The monoisotopic (exact) mass is 336 g/mol. The van der Waals surface area contributed by atoms with E-state index in [1.54, 1.807) is 0 Å². The Morgan fingerprint density at radius 2 is 1.78 bits per heavy atom. The summed E-state index contributed by atoms with van der Waals surface area (Å²) in [6.45, 7) is -0.532. The minimum Gasteiger partial charge on any atom is -0.370 e. The third-order valence-corrected chi connectivity index (χ3v) is 2.51. The molecule has 0 amide bonds. The molecule has 18 heavy (non-hydrogen) atoms.